The summed E-state index contributed by atoms with van der Waals surface area (Å²) in [5.74, 6) is -0.582. The van der Waals surface area contributed by atoms with Crippen LogP contribution in [-0.2, 0) is 10.0 Å². The van der Waals surface area contributed by atoms with Crippen LogP contribution in [0, 0.1) is 0 Å². The van der Waals surface area contributed by atoms with E-state index in [1.54, 1.807) is 0 Å². The van der Waals surface area contributed by atoms with Gasteiger partial charge in [0.1, 0.15) is 10.0 Å². The van der Waals surface area contributed by atoms with Crippen molar-refractivity contribution >= 4 is 39.2 Å². The molecule has 1 aromatic rings. The van der Waals surface area contributed by atoms with E-state index in [0.29, 0.717) is 0 Å². The molecule has 82 valence electrons. The monoisotopic (exact) mass is 268 g/mol. The molecule has 0 aliphatic rings. The molecular weight excluding hydrogens is 263 g/mol. The lowest BCUT2D eigenvalue weighted by Gasteiger charge is -2.01. The second kappa shape index (κ2) is 4.21. The Labute approximate surface area is 96.0 Å². The average molecular weight is 269 g/mol. The number of nitrogens with zero attached hydrogens (tertiary/aromatic N) is 2. The fraction of sp³-hybridized carbons (Fsp3) is 0. The van der Waals surface area contributed by atoms with Gasteiger partial charge in [-0.25, -0.2) is 4.98 Å². The summed E-state index contributed by atoms with van der Waals surface area (Å²) in [5, 5.41) is -0.0244. The quantitative estimate of drug-likeness (QED) is 0.457. The first kappa shape index (κ1) is 12.0. The molecule has 0 aromatic carbocycles. The number of aromatic nitrogens is 1. The maximum atomic E-state index is 11.5. The molecule has 0 spiro atoms. The van der Waals surface area contributed by atoms with E-state index in [4.69, 9.17) is 34.7 Å². The topological polar surface area (TPSA) is 111 Å². The third-order valence-corrected chi connectivity index (χ3v) is 3.25. The van der Waals surface area contributed by atoms with Gasteiger partial charge >= 0.3 is 0 Å². The first-order valence-corrected chi connectivity index (χ1v) is 5.69. The van der Waals surface area contributed by atoms with E-state index in [1.807, 2.05) is 0 Å². The van der Waals surface area contributed by atoms with Gasteiger partial charge in [0.05, 0.1) is 11.2 Å². The second-order valence-corrected chi connectivity index (χ2v) is 4.80. The van der Waals surface area contributed by atoms with Crippen LogP contribution < -0.4 is 11.5 Å². The van der Waals surface area contributed by atoms with Crippen molar-refractivity contribution in [2.24, 2.45) is 15.9 Å². The first-order valence-electron chi connectivity index (χ1n) is 3.50. The molecule has 0 unspecified atom stereocenters. The number of rotatable bonds is 2. The Morgan fingerprint density at radius 2 is 2.00 bits per heavy atom. The Kier molecular flexibility index (Phi) is 3.38. The molecule has 1 heterocycles. The SMILES string of the molecule is NC(N)=NS(=O)(=O)c1cnc(Cl)cc1Cl. The van der Waals surface area contributed by atoms with Gasteiger partial charge < -0.3 is 11.5 Å². The van der Waals surface area contributed by atoms with Crippen LogP contribution in [0.1, 0.15) is 0 Å². The van der Waals surface area contributed by atoms with Gasteiger partial charge in [0.15, 0.2) is 0 Å². The van der Waals surface area contributed by atoms with Gasteiger partial charge in [-0.1, -0.05) is 23.2 Å². The predicted molar refractivity (Wildman–Crippen MR) is 57.3 cm³/mol. The molecule has 0 amide bonds. The van der Waals surface area contributed by atoms with Crippen molar-refractivity contribution < 1.29 is 8.42 Å². The summed E-state index contributed by atoms with van der Waals surface area (Å²) in [6, 6.07) is 1.18. The van der Waals surface area contributed by atoms with Gasteiger partial charge in [-0.15, -0.1) is 4.40 Å². The minimum absolute atomic E-state index is 0.0728. The highest BCUT2D eigenvalue weighted by molar-refractivity contribution is 7.90. The van der Waals surface area contributed by atoms with E-state index in [0.717, 1.165) is 6.20 Å². The number of hydrogen-bond donors (Lipinski definition) is 2. The van der Waals surface area contributed by atoms with Crippen LogP contribution in [0.4, 0.5) is 0 Å². The van der Waals surface area contributed by atoms with E-state index < -0.39 is 16.0 Å². The highest BCUT2D eigenvalue weighted by Crippen LogP contribution is 2.24. The third kappa shape index (κ3) is 2.95. The fourth-order valence-electron chi connectivity index (χ4n) is 0.773. The van der Waals surface area contributed by atoms with E-state index in [9.17, 15) is 8.42 Å². The summed E-state index contributed by atoms with van der Waals surface area (Å²) in [6.07, 6.45) is 0.979. The zero-order valence-corrected chi connectivity index (χ0v) is 9.51. The van der Waals surface area contributed by atoms with Crippen molar-refractivity contribution in [2.75, 3.05) is 0 Å². The van der Waals surface area contributed by atoms with Crippen LogP contribution in [0.3, 0.4) is 0 Å². The molecule has 15 heavy (non-hydrogen) atoms. The van der Waals surface area contributed by atoms with Crippen molar-refractivity contribution in [1.82, 2.24) is 4.98 Å². The molecule has 0 saturated heterocycles. The number of sulfonamides is 1. The summed E-state index contributed by atoms with van der Waals surface area (Å²) in [7, 11) is -4.02. The Morgan fingerprint density at radius 1 is 1.40 bits per heavy atom. The number of nitrogens with two attached hydrogens (primary N) is 2. The first-order chi connectivity index (χ1) is 6.83. The van der Waals surface area contributed by atoms with Crippen LogP contribution in [-0.4, -0.2) is 19.4 Å². The average Bonchev–Trinajstić information content (AvgIpc) is 1.99. The van der Waals surface area contributed by atoms with Crippen LogP contribution in [0.2, 0.25) is 10.2 Å². The highest BCUT2D eigenvalue weighted by Gasteiger charge is 2.18. The molecule has 0 saturated carbocycles. The molecule has 1 rings (SSSR count). The van der Waals surface area contributed by atoms with Gasteiger partial charge in [-0.05, 0) is 6.07 Å². The minimum atomic E-state index is -4.02. The highest BCUT2D eigenvalue weighted by atomic mass is 35.5. The van der Waals surface area contributed by atoms with E-state index in [2.05, 4.69) is 9.38 Å². The van der Waals surface area contributed by atoms with Crippen LogP contribution in [0.25, 0.3) is 0 Å². The molecule has 0 fully saturated rings. The van der Waals surface area contributed by atoms with Crippen molar-refractivity contribution in [1.29, 1.82) is 0 Å². The summed E-state index contributed by atoms with van der Waals surface area (Å²) >= 11 is 11.1. The van der Waals surface area contributed by atoms with Crippen molar-refractivity contribution in [3.05, 3.63) is 22.4 Å². The molecule has 0 atom stereocenters. The van der Waals surface area contributed by atoms with Gasteiger partial charge in [0.25, 0.3) is 10.0 Å². The molecule has 0 aliphatic carbocycles. The van der Waals surface area contributed by atoms with Crippen LogP contribution in [0.15, 0.2) is 21.6 Å². The van der Waals surface area contributed by atoms with Crippen molar-refractivity contribution in [2.45, 2.75) is 4.90 Å². The number of guanidine groups is 1. The number of hydrogen-bond acceptors (Lipinski definition) is 3. The lowest BCUT2D eigenvalue weighted by molar-refractivity contribution is 0.597. The number of halogens is 2. The normalized spacial score (nSPS) is 11.1. The van der Waals surface area contributed by atoms with Crippen LogP contribution in [0.5, 0.6) is 0 Å². The second-order valence-electron chi connectivity index (χ2n) is 2.43. The van der Waals surface area contributed by atoms with Crippen LogP contribution >= 0.6 is 23.2 Å². The molecule has 4 N–H and O–H groups in total. The molecule has 0 radical (unpaired) electrons. The predicted octanol–water partition coefficient (Wildman–Crippen LogP) is 0.351. The summed E-state index contributed by atoms with van der Waals surface area (Å²) < 4.78 is 26.0. The molecule has 1 aromatic heterocycles. The molecule has 6 nitrogen and oxygen atoms in total. The summed E-state index contributed by atoms with van der Waals surface area (Å²) in [4.78, 5) is 3.26. The minimum Gasteiger partial charge on any atom is -0.369 e. The molecule has 9 heteroatoms. The van der Waals surface area contributed by atoms with Crippen molar-refractivity contribution in [3.63, 3.8) is 0 Å². The van der Waals surface area contributed by atoms with Gasteiger partial charge in [-0.2, -0.15) is 8.42 Å². The maximum absolute atomic E-state index is 11.5. The van der Waals surface area contributed by atoms with E-state index >= 15 is 0 Å². The van der Waals surface area contributed by atoms with Gasteiger partial charge in [0.2, 0.25) is 5.96 Å². The number of pyridine rings is 1. The largest absolute Gasteiger partial charge is 0.369 e. The Hall–Kier alpha value is -1.05. The Bertz CT molecular complexity index is 510. The van der Waals surface area contributed by atoms with Crippen molar-refractivity contribution in [3.8, 4) is 0 Å². The maximum Gasteiger partial charge on any atom is 0.288 e. The third-order valence-electron chi connectivity index (χ3n) is 1.29. The van der Waals surface area contributed by atoms with Gasteiger partial charge in [-0.3, -0.25) is 0 Å². The smallest absolute Gasteiger partial charge is 0.288 e. The fourth-order valence-corrected chi connectivity index (χ4v) is 2.30. The Morgan fingerprint density at radius 3 is 2.47 bits per heavy atom. The Balaban J connectivity index is 3.35. The molecular formula is C6H6Cl2N4O2S. The van der Waals surface area contributed by atoms with E-state index in [-0.39, 0.29) is 15.1 Å². The zero-order valence-electron chi connectivity index (χ0n) is 7.18. The van der Waals surface area contributed by atoms with E-state index in [1.165, 1.54) is 6.07 Å². The lowest BCUT2D eigenvalue weighted by atomic mass is 10.5. The van der Waals surface area contributed by atoms with Gasteiger partial charge in [0, 0.05) is 0 Å². The standard InChI is InChI=1S/C6H6Cl2N4O2S/c7-3-1-5(8)11-2-4(3)15(13,14)12-6(9)10/h1-2H,(H4,9,10,12). The molecule has 0 bridgehead atoms. The summed E-state index contributed by atoms with van der Waals surface area (Å²) in [5.41, 5.74) is 9.91. The summed E-state index contributed by atoms with van der Waals surface area (Å²) in [6.45, 7) is 0. The molecule has 0 aliphatic heterocycles. The lowest BCUT2D eigenvalue weighted by Crippen LogP contribution is -2.24. The zero-order chi connectivity index (χ0) is 11.6.